The summed E-state index contributed by atoms with van der Waals surface area (Å²) < 4.78 is 57.7. The molecule has 0 bridgehead atoms. The number of nitrogens with zero attached hydrogens (tertiary/aromatic N) is 2. The van der Waals surface area contributed by atoms with Gasteiger partial charge in [0.25, 0.3) is 5.82 Å². The number of ketones is 1. The molecule has 0 aliphatic rings. The third kappa shape index (κ3) is 3.40. The molecule has 0 amide bonds. The Balaban J connectivity index is 1.91. The number of fused-ring (bicyclic) bond motifs is 1. The highest BCUT2D eigenvalue weighted by Gasteiger charge is 2.28. The van der Waals surface area contributed by atoms with Gasteiger partial charge in [-0.2, -0.15) is 22.1 Å². The van der Waals surface area contributed by atoms with Crippen molar-refractivity contribution >= 4 is 16.8 Å². The maximum atomic E-state index is 13.4. The van der Waals surface area contributed by atoms with Gasteiger partial charge in [0, 0.05) is 12.5 Å². The molecule has 0 fully saturated rings. The molecule has 0 unspecified atom stereocenters. The zero-order valence-electron chi connectivity index (χ0n) is 13.7. The van der Waals surface area contributed by atoms with Crippen LogP contribution in [-0.4, -0.2) is 17.0 Å². The smallest absolute Gasteiger partial charge is 0.387 e. The molecule has 0 saturated heterocycles. The van der Waals surface area contributed by atoms with Gasteiger partial charge in [0.15, 0.2) is 17.6 Å². The molecule has 2 aromatic carbocycles. The molecule has 8 heteroatoms. The van der Waals surface area contributed by atoms with Gasteiger partial charge in [-0.05, 0) is 36.4 Å². The molecule has 3 rings (SSSR count). The number of hydrogen-bond donors (Lipinski definition) is 0. The maximum absolute atomic E-state index is 13.4. The third-order valence-electron chi connectivity index (χ3n) is 4.07. The van der Waals surface area contributed by atoms with Gasteiger partial charge in [-0.15, -0.1) is 0 Å². The summed E-state index contributed by atoms with van der Waals surface area (Å²) in [5, 5.41) is 0. The highest BCUT2D eigenvalue weighted by molar-refractivity contribution is 5.95. The fraction of sp³-hybridized carbons (Fsp3) is 0.222. The number of benzene rings is 2. The Morgan fingerprint density at radius 1 is 1.08 bits per heavy atom. The van der Waals surface area contributed by atoms with Crippen molar-refractivity contribution in [2.24, 2.45) is 0 Å². The van der Waals surface area contributed by atoms with Gasteiger partial charge in [0.2, 0.25) is 5.78 Å². The minimum Gasteiger partial charge on any atom is -0.435 e. The van der Waals surface area contributed by atoms with Crippen LogP contribution in [0.2, 0.25) is 0 Å². The van der Waals surface area contributed by atoms with E-state index in [-0.39, 0.29) is 29.5 Å². The first-order chi connectivity index (χ1) is 12.4. The second kappa shape index (κ2) is 7.15. The predicted octanol–water partition coefficient (Wildman–Crippen LogP) is 4.12. The van der Waals surface area contributed by atoms with Crippen LogP contribution in [0.1, 0.15) is 22.7 Å². The van der Waals surface area contributed by atoms with Crippen molar-refractivity contribution in [2.75, 3.05) is 0 Å². The van der Waals surface area contributed by atoms with Crippen molar-refractivity contribution in [2.45, 2.75) is 26.6 Å². The fourth-order valence-corrected chi connectivity index (χ4v) is 2.88. The number of carbonyl (C=O) groups excluding carboxylic acids is 1. The number of ether oxygens (including phenoxy) is 1. The van der Waals surface area contributed by atoms with Gasteiger partial charge in [-0.3, -0.25) is 4.79 Å². The number of rotatable bonds is 6. The summed E-state index contributed by atoms with van der Waals surface area (Å²) in [6.45, 7) is -4.32. The Morgan fingerprint density at radius 2 is 1.73 bits per heavy atom. The first kappa shape index (κ1) is 17.9. The second-order valence-corrected chi connectivity index (χ2v) is 5.60. The van der Waals surface area contributed by atoms with Crippen LogP contribution in [0.5, 0.6) is 5.75 Å². The summed E-state index contributed by atoms with van der Waals surface area (Å²) in [7, 11) is 0. The Kier molecular flexibility index (Phi) is 4.92. The number of halogens is 4. The lowest BCUT2D eigenvalue weighted by atomic mass is 10.1. The van der Waals surface area contributed by atoms with Gasteiger partial charge >= 0.3 is 13.2 Å². The van der Waals surface area contributed by atoms with Crippen LogP contribution in [0.4, 0.5) is 17.6 Å². The highest BCUT2D eigenvalue weighted by Crippen LogP contribution is 2.22. The zero-order chi connectivity index (χ0) is 18.8. The molecule has 0 radical (unpaired) electrons. The predicted molar refractivity (Wildman–Crippen MR) is 85.5 cm³/mol. The lowest BCUT2D eigenvalue weighted by Gasteiger charge is -2.05. The molecular formula is C18H15F4N2O2+. The van der Waals surface area contributed by atoms with E-state index < -0.39 is 13.2 Å². The van der Waals surface area contributed by atoms with Gasteiger partial charge in [-0.1, -0.05) is 12.1 Å². The quantitative estimate of drug-likeness (QED) is 0.373. The summed E-state index contributed by atoms with van der Waals surface area (Å²) in [5.74, 6) is -0.152. The molecule has 1 heterocycles. The van der Waals surface area contributed by atoms with Crippen molar-refractivity contribution in [3.8, 4) is 5.75 Å². The molecule has 3 aromatic rings. The van der Waals surface area contributed by atoms with Crippen molar-refractivity contribution in [3.63, 3.8) is 0 Å². The van der Waals surface area contributed by atoms with Crippen LogP contribution in [0.25, 0.3) is 11.0 Å². The zero-order valence-corrected chi connectivity index (χ0v) is 13.7. The van der Waals surface area contributed by atoms with Gasteiger partial charge in [0.1, 0.15) is 5.75 Å². The SMILES string of the molecule is Cc1n(C(F)F)c2ccccc2[n+]1CC(=O)c1ccc(OC(F)F)cc1. The molecule has 0 atom stereocenters. The first-order valence-corrected chi connectivity index (χ1v) is 7.74. The van der Waals surface area contributed by atoms with Crippen molar-refractivity contribution in [1.29, 1.82) is 0 Å². The van der Waals surface area contributed by atoms with Crippen LogP contribution >= 0.6 is 0 Å². The second-order valence-electron chi connectivity index (χ2n) is 5.60. The van der Waals surface area contributed by atoms with Crippen LogP contribution in [0.15, 0.2) is 48.5 Å². The van der Waals surface area contributed by atoms with Gasteiger partial charge in [-0.25, -0.2) is 4.57 Å². The Hall–Kier alpha value is -2.90. The van der Waals surface area contributed by atoms with Crippen LogP contribution in [0, 0.1) is 6.92 Å². The van der Waals surface area contributed by atoms with E-state index in [0.717, 1.165) is 4.57 Å². The molecule has 1 aromatic heterocycles. The normalized spacial score (nSPS) is 11.5. The number of hydrogen-bond acceptors (Lipinski definition) is 2. The molecular weight excluding hydrogens is 352 g/mol. The Bertz CT molecular complexity index is 936. The molecule has 0 saturated carbocycles. The summed E-state index contributed by atoms with van der Waals surface area (Å²) in [5.41, 5.74) is 1.11. The number of aromatic nitrogens is 2. The molecule has 0 spiro atoms. The van der Waals surface area contributed by atoms with E-state index in [1.807, 2.05) is 0 Å². The Morgan fingerprint density at radius 3 is 2.35 bits per heavy atom. The largest absolute Gasteiger partial charge is 0.435 e. The Labute approximate surface area is 146 Å². The number of imidazole rings is 1. The fourth-order valence-electron chi connectivity index (χ4n) is 2.88. The monoisotopic (exact) mass is 367 g/mol. The van der Waals surface area contributed by atoms with Gasteiger partial charge in [0.05, 0.1) is 0 Å². The number of Topliss-reactive ketones (excluding diaryl/α,β-unsaturated/α-hetero) is 1. The van der Waals surface area contributed by atoms with E-state index in [1.165, 1.54) is 35.8 Å². The first-order valence-electron chi connectivity index (χ1n) is 7.74. The summed E-state index contributed by atoms with van der Waals surface area (Å²) >= 11 is 0. The average Bonchev–Trinajstić information content (AvgIpc) is 2.87. The molecule has 0 N–H and O–H groups in total. The van der Waals surface area contributed by atoms with Crippen LogP contribution in [-0.2, 0) is 6.54 Å². The van der Waals surface area contributed by atoms with Gasteiger partial charge < -0.3 is 4.74 Å². The third-order valence-corrected chi connectivity index (χ3v) is 4.07. The molecule has 136 valence electrons. The topological polar surface area (TPSA) is 35.1 Å². The number of para-hydroxylation sites is 2. The van der Waals surface area contributed by atoms with Crippen molar-refractivity contribution in [1.82, 2.24) is 4.57 Å². The van der Waals surface area contributed by atoms with E-state index in [4.69, 9.17) is 0 Å². The average molecular weight is 367 g/mol. The van der Waals surface area contributed by atoms with Crippen molar-refractivity contribution < 1.29 is 31.7 Å². The number of alkyl halides is 4. The van der Waals surface area contributed by atoms with E-state index in [2.05, 4.69) is 4.74 Å². The molecule has 26 heavy (non-hydrogen) atoms. The molecule has 0 aliphatic heterocycles. The summed E-state index contributed by atoms with van der Waals surface area (Å²) in [6, 6.07) is 11.8. The van der Waals surface area contributed by atoms with Crippen molar-refractivity contribution in [3.05, 3.63) is 59.9 Å². The summed E-state index contributed by atoms with van der Waals surface area (Å²) in [6.07, 6.45) is 0. The minimum absolute atomic E-state index is 0.0605. The van der Waals surface area contributed by atoms with E-state index >= 15 is 0 Å². The molecule has 0 aliphatic carbocycles. The standard InChI is InChI=1S/C18H15F4N2O2/c1-11-23(14-4-2-3-5-15(14)24(11)17(19)20)10-16(25)12-6-8-13(9-7-12)26-18(21)22/h2-9,17-18H,10H2,1H3/q+1. The van der Waals surface area contributed by atoms with Crippen LogP contribution < -0.4 is 9.30 Å². The highest BCUT2D eigenvalue weighted by atomic mass is 19.3. The minimum atomic E-state index is -2.95. The maximum Gasteiger partial charge on any atom is 0.387 e. The van der Waals surface area contributed by atoms with E-state index in [1.54, 1.807) is 24.3 Å². The summed E-state index contributed by atoms with van der Waals surface area (Å²) in [4.78, 5) is 12.5. The van der Waals surface area contributed by atoms with Crippen LogP contribution in [0.3, 0.4) is 0 Å². The molecule has 4 nitrogen and oxygen atoms in total. The lowest BCUT2D eigenvalue weighted by Crippen LogP contribution is -2.40. The number of carbonyl (C=O) groups is 1. The van der Waals surface area contributed by atoms with E-state index in [9.17, 15) is 22.4 Å². The van der Waals surface area contributed by atoms with E-state index in [0.29, 0.717) is 11.0 Å². The lowest BCUT2D eigenvalue weighted by molar-refractivity contribution is -0.664.